The van der Waals surface area contributed by atoms with Crippen molar-refractivity contribution in [2.24, 2.45) is 0 Å². The summed E-state index contributed by atoms with van der Waals surface area (Å²) in [4.78, 5) is 5.15. The first-order valence-corrected chi connectivity index (χ1v) is 8.23. The van der Waals surface area contributed by atoms with Gasteiger partial charge in [-0.25, -0.2) is 0 Å². The highest BCUT2D eigenvalue weighted by atomic mass is 16.5. The van der Waals surface area contributed by atoms with Crippen LogP contribution in [0.25, 0.3) is 0 Å². The quantitative estimate of drug-likeness (QED) is 0.847. The smallest absolute Gasteiger partial charge is 0.118 e. The van der Waals surface area contributed by atoms with Crippen molar-refractivity contribution < 1.29 is 4.74 Å². The van der Waals surface area contributed by atoms with Gasteiger partial charge in [-0.05, 0) is 44.6 Å². The Morgan fingerprint density at radius 2 is 1.71 bits per heavy atom. The summed E-state index contributed by atoms with van der Waals surface area (Å²) < 4.78 is 5.29. The molecule has 1 aromatic rings. The molecule has 0 bridgehead atoms. The van der Waals surface area contributed by atoms with Crippen LogP contribution in [0.5, 0.6) is 5.75 Å². The molecule has 0 amide bonds. The molecule has 21 heavy (non-hydrogen) atoms. The van der Waals surface area contributed by atoms with Crippen molar-refractivity contribution in [2.75, 3.05) is 34.3 Å². The third-order valence-electron chi connectivity index (χ3n) is 5.37. The van der Waals surface area contributed by atoms with Crippen molar-refractivity contribution in [1.82, 2.24) is 9.80 Å². The maximum Gasteiger partial charge on any atom is 0.118 e. The predicted molar refractivity (Wildman–Crippen MR) is 87.0 cm³/mol. The minimum atomic E-state index is 0.617. The summed E-state index contributed by atoms with van der Waals surface area (Å²) in [6.45, 7) is 2.42. The molecule has 1 aliphatic carbocycles. The first kappa shape index (κ1) is 14.9. The molecule has 0 spiro atoms. The topological polar surface area (TPSA) is 15.7 Å². The Morgan fingerprint density at radius 1 is 1.05 bits per heavy atom. The second kappa shape index (κ2) is 6.37. The van der Waals surface area contributed by atoms with Crippen molar-refractivity contribution in [3.05, 3.63) is 29.8 Å². The van der Waals surface area contributed by atoms with Crippen molar-refractivity contribution in [2.45, 2.75) is 43.7 Å². The van der Waals surface area contributed by atoms with Crippen molar-refractivity contribution in [3.8, 4) is 5.75 Å². The predicted octanol–water partition coefficient (Wildman–Crippen LogP) is 2.97. The molecule has 2 aliphatic rings. The Hall–Kier alpha value is -1.06. The Bertz CT molecular complexity index is 451. The average Bonchev–Trinajstić information content (AvgIpc) is 3.16. The zero-order valence-electron chi connectivity index (χ0n) is 13.6. The van der Waals surface area contributed by atoms with Crippen LogP contribution in [-0.2, 0) is 0 Å². The molecular weight excluding hydrogens is 260 g/mol. The fourth-order valence-electron chi connectivity index (χ4n) is 4.09. The fraction of sp³-hybridized carbons (Fsp3) is 0.667. The van der Waals surface area contributed by atoms with E-state index in [4.69, 9.17) is 4.74 Å². The van der Waals surface area contributed by atoms with Gasteiger partial charge in [0.1, 0.15) is 5.75 Å². The minimum Gasteiger partial charge on any atom is -0.497 e. The lowest BCUT2D eigenvalue weighted by Crippen LogP contribution is -2.36. The molecule has 3 rings (SSSR count). The van der Waals surface area contributed by atoms with Crippen LogP contribution in [0.15, 0.2) is 24.3 Å². The largest absolute Gasteiger partial charge is 0.497 e. The molecule has 2 fully saturated rings. The molecule has 0 aromatic heterocycles. The van der Waals surface area contributed by atoms with E-state index in [2.05, 4.69) is 48.2 Å². The number of nitrogens with zero attached hydrogens (tertiary/aromatic N) is 2. The van der Waals surface area contributed by atoms with E-state index >= 15 is 0 Å². The number of likely N-dealkylation sites (N-methyl/N-ethyl adjacent to an activating group) is 1. The zero-order chi connectivity index (χ0) is 14.8. The van der Waals surface area contributed by atoms with Crippen LogP contribution in [0.1, 0.15) is 37.2 Å². The van der Waals surface area contributed by atoms with Gasteiger partial charge in [-0.3, -0.25) is 4.90 Å². The van der Waals surface area contributed by atoms with Gasteiger partial charge in [-0.1, -0.05) is 25.0 Å². The van der Waals surface area contributed by atoms with Gasteiger partial charge < -0.3 is 9.64 Å². The van der Waals surface area contributed by atoms with E-state index < -0.39 is 0 Å². The highest BCUT2D eigenvalue weighted by Crippen LogP contribution is 2.35. The van der Waals surface area contributed by atoms with Crippen LogP contribution in [0.3, 0.4) is 0 Å². The number of methoxy groups -OCH3 is 1. The van der Waals surface area contributed by atoms with E-state index in [9.17, 15) is 0 Å². The van der Waals surface area contributed by atoms with E-state index in [1.807, 2.05) is 0 Å². The molecule has 116 valence electrons. The number of hydrogen-bond donors (Lipinski definition) is 0. The van der Waals surface area contributed by atoms with Gasteiger partial charge >= 0.3 is 0 Å². The first-order chi connectivity index (χ1) is 10.2. The normalized spacial score (nSPS) is 27.6. The second-order valence-corrected chi connectivity index (χ2v) is 6.80. The molecule has 3 nitrogen and oxygen atoms in total. The van der Waals surface area contributed by atoms with Crippen LogP contribution in [0.2, 0.25) is 0 Å². The zero-order valence-corrected chi connectivity index (χ0v) is 13.6. The number of rotatable bonds is 4. The molecule has 1 aromatic carbocycles. The lowest BCUT2D eigenvalue weighted by atomic mass is 9.93. The van der Waals surface area contributed by atoms with E-state index in [0.29, 0.717) is 12.0 Å². The maximum absolute atomic E-state index is 5.29. The van der Waals surface area contributed by atoms with Crippen molar-refractivity contribution in [3.63, 3.8) is 0 Å². The molecular formula is C18H28N2O. The number of likely N-dealkylation sites (tertiary alicyclic amines) is 1. The van der Waals surface area contributed by atoms with Gasteiger partial charge in [0.05, 0.1) is 7.11 Å². The lowest BCUT2D eigenvalue weighted by Gasteiger charge is -2.26. The van der Waals surface area contributed by atoms with Crippen molar-refractivity contribution in [1.29, 1.82) is 0 Å². The fourth-order valence-corrected chi connectivity index (χ4v) is 4.09. The van der Waals surface area contributed by atoms with Crippen LogP contribution < -0.4 is 4.74 Å². The standard InChI is InChI=1S/C18H28N2O/c1-19(2)18-13-20(15-6-4-5-7-15)12-17(18)14-8-10-16(21-3)11-9-14/h8-11,15,17-18H,4-7,12-13H2,1-3H3/t17-,18+/m0/s1. The van der Waals surface area contributed by atoms with E-state index in [-0.39, 0.29) is 0 Å². The molecule has 3 heteroatoms. The molecule has 1 aliphatic heterocycles. The summed E-state index contributed by atoms with van der Waals surface area (Å²) in [7, 11) is 6.17. The van der Waals surface area contributed by atoms with Crippen LogP contribution in [0, 0.1) is 0 Å². The molecule has 0 radical (unpaired) electrons. The second-order valence-electron chi connectivity index (χ2n) is 6.80. The number of benzene rings is 1. The number of hydrogen-bond acceptors (Lipinski definition) is 3. The van der Waals surface area contributed by atoms with Gasteiger partial charge in [0, 0.05) is 31.1 Å². The SMILES string of the molecule is COc1ccc([C@@H]2CN(C3CCCC3)C[C@H]2N(C)C)cc1. The van der Waals surface area contributed by atoms with Crippen LogP contribution >= 0.6 is 0 Å². The summed E-state index contributed by atoms with van der Waals surface area (Å²) >= 11 is 0. The van der Waals surface area contributed by atoms with E-state index in [1.165, 1.54) is 44.3 Å². The van der Waals surface area contributed by atoms with Gasteiger partial charge in [-0.2, -0.15) is 0 Å². The van der Waals surface area contributed by atoms with Crippen LogP contribution in [-0.4, -0.2) is 56.2 Å². The highest BCUT2D eigenvalue weighted by Gasteiger charge is 2.38. The molecule has 0 N–H and O–H groups in total. The molecule has 2 atom stereocenters. The van der Waals surface area contributed by atoms with Gasteiger partial charge in [0.25, 0.3) is 0 Å². The molecule has 1 heterocycles. The summed E-state index contributed by atoms with van der Waals surface area (Å²) in [6, 6.07) is 10.1. The minimum absolute atomic E-state index is 0.617. The third-order valence-corrected chi connectivity index (χ3v) is 5.37. The van der Waals surface area contributed by atoms with Crippen molar-refractivity contribution >= 4 is 0 Å². The summed E-state index contributed by atoms with van der Waals surface area (Å²) in [5, 5.41) is 0. The summed E-state index contributed by atoms with van der Waals surface area (Å²) in [6.07, 6.45) is 5.63. The Morgan fingerprint density at radius 3 is 2.29 bits per heavy atom. The Kier molecular flexibility index (Phi) is 4.51. The first-order valence-electron chi connectivity index (χ1n) is 8.23. The maximum atomic E-state index is 5.29. The van der Waals surface area contributed by atoms with Gasteiger partial charge in [0.15, 0.2) is 0 Å². The molecule has 0 unspecified atom stereocenters. The van der Waals surface area contributed by atoms with Gasteiger partial charge in [-0.15, -0.1) is 0 Å². The monoisotopic (exact) mass is 288 g/mol. The summed E-state index contributed by atoms with van der Waals surface area (Å²) in [5.41, 5.74) is 1.45. The van der Waals surface area contributed by atoms with E-state index in [0.717, 1.165) is 11.8 Å². The lowest BCUT2D eigenvalue weighted by molar-refractivity contribution is 0.217. The number of ether oxygens (including phenoxy) is 1. The van der Waals surface area contributed by atoms with E-state index in [1.54, 1.807) is 7.11 Å². The molecule has 1 saturated carbocycles. The average molecular weight is 288 g/mol. The highest BCUT2D eigenvalue weighted by molar-refractivity contribution is 5.31. The Balaban J connectivity index is 1.77. The summed E-state index contributed by atoms with van der Waals surface area (Å²) in [5.74, 6) is 1.57. The van der Waals surface area contributed by atoms with Gasteiger partial charge in [0.2, 0.25) is 0 Å². The Labute approximate surface area is 128 Å². The van der Waals surface area contributed by atoms with Crippen LogP contribution in [0.4, 0.5) is 0 Å². The molecule has 1 saturated heterocycles. The third kappa shape index (κ3) is 3.09.